The van der Waals surface area contributed by atoms with Crippen LogP contribution in [0.2, 0.25) is 0 Å². The van der Waals surface area contributed by atoms with E-state index in [0.717, 1.165) is 42.7 Å². The number of hydrogen-bond acceptors (Lipinski definition) is 4. The first-order valence-electron chi connectivity index (χ1n) is 10.3. The van der Waals surface area contributed by atoms with E-state index in [9.17, 15) is 0 Å². The quantitative estimate of drug-likeness (QED) is 0.245. The van der Waals surface area contributed by atoms with E-state index < -0.39 is 0 Å². The van der Waals surface area contributed by atoms with Gasteiger partial charge in [0.25, 0.3) is 0 Å². The van der Waals surface area contributed by atoms with Gasteiger partial charge in [0.15, 0.2) is 5.96 Å². The van der Waals surface area contributed by atoms with Crippen molar-refractivity contribution in [1.29, 1.82) is 0 Å². The van der Waals surface area contributed by atoms with Crippen molar-refractivity contribution in [3.63, 3.8) is 0 Å². The molecule has 2 N–H and O–H groups in total. The number of aliphatic imine (C=N–C) groups is 1. The van der Waals surface area contributed by atoms with E-state index in [1.54, 1.807) is 13.2 Å². The standard InChI is InChI=1S/C21H32N6O.HI/c1-17-23-12-13-27(17)20-10-9-18(15-25-20)16-26-21(22-2)24-11-6-14-28-19-7-4-3-5-8-19;/h9-10,12-13,15,19H,3-8,11,14,16H2,1-2H3,(H2,22,24,26);1H. The highest BCUT2D eigenvalue weighted by atomic mass is 127. The number of imidazole rings is 1. The van der Waals surface area contributed by atoms with Gasteiger partial charge in [0.05, 0.1) is 6.10 Å². The summed E-state index contributed by atoms with van der Waals surface area (Å²) in [6.45, 7) is 4.30. The van der Waals surface area contributed by atoms with E-state index in [1.165, 1.54) is 32.1 Å². The lowest BCUT2D eigenvalue weighted by Crippen LogP contribution is -2.37. The van der Waals surface area contributed by atoms with Crippen LogP contribution >= 0.6 is 24.0 Å². The number of ether oxygens (including phenoxy) is 1. The van der Waals surface area contributed by atoms with Gasteiger partial charge in [-0.2, -0.15) is 0 Å². The second kappa shape index (κ2) is 12.8. The maximum absolute atomic E-state index is 5.96. The highest BCUT2D eigenvalue weighted by molar-refractivity contribution is 14.0. The molecule has 1 saturated carbocycles. The van der Waals surface area contributed by atoms with Gasteiger partial charge < -0.3 is 15.4 Å². The molecule has 2 heterocycles. The van der Waals surface area contributed by atoms with Crippen LogP contribution in [0, 0.1) is 6.92 Å². The van der Waals surface area contributed by atoms with E-state index >= 15 is 0 Å². The fraction of sp³-hybridized carbons (Fsp3) is 0.571. The van der Waals surface area contributed by atoms with Crippen molar-refractivity contribution in [2.75, 3.05) is 20.2 Å². The second-order valence-electron chi connectivity index (χ2n) is 7.21. The first-order chi connectivity index (χ1) is 13.8. The van der Waals surface area contributed by atoms with Crippen molar-refractivity contribution in [2.45, 2.75) is 58.1 Å². The van der Waals surface area contributed by atoms with Crippen molar-refractivity contribution in [3.8, 4) is 5.82 Å². The Morgan fingerprint density at radius 1 is 1.21 bits per heavy atom. The average Bonchev–Trinajstić information content (AvgIpc) is 3.17. The number of nitrogens with zero attached hydrogens (tertiary/aromatic N) is 4. The first kappa shape index (κ1) is 23.6. The molecule has 0 aromatic carbocycles. The van der Waals surface area contributed by atoms with Crippen LogP contribution in [0.4, 0.5) is 0 Å². The molecule has 0 bridgehead atoms. The van der Waals surface area contributed by atoms with Crippen LogP contribution in [0.3, 0.4) is 0 Å². The molecule has 0 spiro atoms. The SMILES string of the molecule is CN=C(NCCCOC1CCCCC1)NCc1ccc(-n2ccnc2C)nc1.I. The van der Waals surface area contributed by atoms with Gasteiger partial charge in [0.2, 0.25) is 0 Å². The van der Waals surface area contributed by atoms with Gasteiger partial charge in [-0.15, -0.1) is 24.0 Å². The van der Waals surface area contributed by atoms with Crippen molar-refractivity contribution in [2.24, 2.45) is 4.99 Å². The molecule has 8 heteroatoms. The topological polar surface area (TPSA) is 76.4 Å². The molecule has 0 unspecified atom stereocenters. The second-order valence-corrected chi connectivity index (χ2v) is 7.21. The highest BCUT2D eigenvalue weighted by Crippen LogP contribution is 2.20. The molecule has 7 nitrogen and oxygen atoms in total. The van der Waals surface area contributed by atoms with E-state index in [2.05, 4.69) is 31.7 Å². The average molecular weight is 512 g/mol. The van der Waals surface area contributed by atoms with Crippen molar-refractivity contribution < 1.29 is 4.74 Å². The zero-order valence-corrected chi connectivity index (χ0v) is 19.8. The minimum absolute atomic E-state index is 0. The van der Waals surface area contributed by atoms with Crippen LogP contribution in [0.15, 0.2) is 35.7 Å². The van der Waals surface area contributed by atoms with Crippen molar-refractivity contribution >= 4 is 29.9 Å². The fourth-order valence-corrected chi connectivity index (χ4v) is 3.45. The molecule has 1 fully saturated rings. The lowest BCUT2D eigenvalue weighted by Gasteiger charge is -2.22. The molecule has 2 aromatic heterocycles. The van der Waals surface area contributed by atoms with Crippen LogP contribution in [-0.4, -0.2) is 46.8 Å². The van der Waals surface area contributed by atoms with Crippen LogP contribution in [0.25, 0.3) is 5.82 Å². The summed E-state index contributed by atoms with van der Waals surface area (Å²) >= 11 is 0. The third-order valence-electron chi connectivity index (χ3n) is 5.08. The summed E-state index contributed by atoms with van der Waals surface area (Å²) in [5.41, 5.74) is 1.10. The highest BCUT2D eigenvalue weighted by Gasteiger charge is 2.13. The molecule has 0 atom stereocenters. The van der Waals surface area contributed by atoms with Crippen molar-refractivity contribution in [1.82, 2.24) is 25.2 Å². The smallest absolute Gasteiger partial charge is 0.191 e. The number of aromatic nitrogens is 3. The molecule has 0 radical (unpaired) electrons. The largest absolute Gasteiger partial charge is 0.378 e. The fourth-order valence-electron chi connectivity index (χ4n) is 3.45. The third kappa shape index (κ3) is 7.58. The molecule has 0 amide bonds. The zero-order chi connectivity index (χ0) is 19.6. The minimum atomic E-state index is 0. The molecular weight excluding hydrogens is 479 g/mol. The summed E-state index contributed by atoms with van der Waals surface area (Å²) < 4.78 is 7.93. The van der Waals surface area contributed by atoms with Gasteiger partial charge in [0, 0.05) is 45.3 Å². The molecule has 1 aliphatic carbocycles. The van der Waals surface area contributed by atoms with Crippen molar-refractivity contribution in [3.05, 3.63) is 42.1 Å². The van der Waals surface area contributed by atoms with E-state index in [0.29, 0.717) is 12.6 Å². The van der Waals surface area contributed by atoms with Crippen LogP contribution < -0.4 is 10.6 Å². The van der Waals surface area contributed by atoms with E-state index in [-0.39, 0.29) is 24.0 Å². The number of hydrogen-bond donors (Lipinski definition) is 2. The van der Waals surface area contributed by atoms with Gasteiger partial charge in [-0.3, -0.25) is 9.56 Å². The number of pyridine rings is 1. The van der Waals surface area contributed by atoms with Crippen LogP contribution in [-0.2, 0) is 11.3 Å². The number of nitrogens with one attached hydrogen (secondary N) is 2. The molecule has 0 aliphatic heterocycles. The Kier molecular flexibility index (Phi) is 10.4. The third-order valence-corrected chi connectivity index (χ3v) is 5.08. The Labute approximate surface area is 190 Å². The lowest BCUT2D eigenvalue weighted by molar-refractivity contribution is 0.0277. The Balaban J connectivity index is 0.00000300. The number of guanidine groups is 1. The lowest BCUT2D eigenvalue weighted by atomic mass is 9.98. The predicted octanol–water partition coefficient (Wildman–Crippen LogP) is 3.60. The number of halogens is 1. The molecule has 3 rings (SSSR count). The Hall–Kier alpha value is -1.68. The van der Waals surface area contributed by atoms with E-state index in [4.69, 9.17) is 4.74 Å². The summed E-state index contributed by atoms with van der Waals surface area (Å²) in [5, 5.41) is 6.68. The van der Waals surface area contributed by atoms with Gasteiger partial charge in [-0.05, 0) is 37.8 Å². The molecule has 29 heavy (non-hydrogen) atoms. The Bertz CT molecular complexity index is 740. The van der Waals surface area contributed by atoms with Crippen LogP contribution in [0.1, 0.15) is 49.9 Å². The van der Waals surface area contributed by atoms with E-state index in [1.807, 2.05) is 30.0 Å². The Morgan fingerprint density at radius 2 is 2.03 bits per heavy atom. The Morgan fingerprint density at radius 3 is 2.69 bits per heavy atom. The van der Waals surface area contributed by atoms with Gasteiger partial charge in [-0.25, -0.2) is 9.97 Å². The molecular formula is C21H33IN6O. The first-order valence-corrected chi connectivity index (χ1v) is 10.3. The number of aryl methyl sites for hydroxylation is 1. The van der Waals surface area contributed by atoms with Crippen LogP contribution in [0.5, 0.6) is 0 Å². The van der Waals surface area contributed by atoms with Gasteiger partial charge in [-0.1, -0.05) is 25.3 Å². The summed E-state index contributed by atoms with van der Waals surface area (Å²) in [4.78, 5) is 13.0. The normalized spacial score (nSPS) is 15.0. The predicted molar refractivity (Wildman–Crippen MR) is 127 cm³/mol. The maximum Gasteiger partial charge on any atom is 0.191 e. The number of rotatable bonds is 8. The molecule has 2 aromatic rings. The minimum Gasteiger partial charge on any atom is -0.378 e. The molecule has 0 saturated heterocycles. The maximum atomic E-state index is 5.96. The van der Waals surface area contributed by atoms with Gasteiger partial charge in [0.1, 0.15) is 11.6 Å². The molecule has 160 valence electrons. The summed E-state index contributed by atoms with van der Waals surface area (Å²) in [5.74, 6) is 2.60. The summed E-state index contributed by atoms with van der Waals surface area (Å²) in [6.07, 6.45) is 13.5. The summed E-state index contributed by atoms with van der Waals surface area (Å²) in [7, 11) is 1.79. The zero-order valence-electron chi connectivity index (χ0n) is 17.4. The monoisotopic (exact) mass is 512 g/mol. The van der Waals surface area contributed by atoms with Gasteiger partial charge >= 0.3 is 0 Å². The molecule has 1 aliphatic rings. The summed E-state index contributed by atoms with van der Waals surface area (Å²) in [6, 6.07) is 4.07.